The van der Waals surface area contributed by atoms with Crippen molar-refractivity contribution in [3.63, 3.8) is 0 Å². The second-order valence-electron chi connectivity index (χ2n) is 5.82. The Morgan fingerprint density at radius 1 is 1.45 bits per heavy atom. The monoisotopic (exact) mass is 273 g/mol. The Kier molecular flexibility index (Phi) is 3.68. The molecule has 1 aliphatic heterocycles. The van der Waals surface area contributed by atoms with Gasteiger partial charge in [0.15, 0.2) is 0 Å². The Hall–Kier alpha value is -1.51. The van der Waals surface area contributed by atoms with E-state index in [0.29, 0.717) is 12.3 Å². The molecule has 1 aliphatic carbocycles. The van der Waals surface area contributed by atoms with Crippen LogP contribution in [0.15, 0.2) is 6.07 Å². The van der Waals surface area contributed by atoms with Gasteiger partial charge in [-0.05, 0) is 48.3 Å². The lowest BCUT2D eigenvalue weighted by Gasteiger charge is -2.16. The molecule has 0 fully saturated rings. The van der Waals surface area contributed by atoms with E-state index in [4.69, 9.17) is 4.74 Å². The molecule has 1 amide bonds. The van der Waals surface area contributed by atoms with Gasteiger partial charge in [0.1, 0.15) is 5.75 Å². The molecule has 20 heavy (non-hydrogen) atoms. The summed E-state index contributed by atoms with van der Waals surface area (Å²) >= 11 is 0. The van der Waals surface area contributed by atoms with E-state index < -0.39 is 0 Å². The van der Waals surface area contributed by atoms with Crippen molar-refractivity contribution in [2.24, 2.45) is 0 Å². The average Bonchev–Trinajstić information content (AvgIpc) is 3.09. The van der Waals surface area contributed by atoms with E-state index in [0.717, 1.165) is 38.0 Å². The third-order valence-electron chi connectivity index (χ3n) is 4.73. The Morgan fingerprint density at radius 3 is 3.05 bits per heavy atom. The van der Waals surface area contributed by atoms with Gasteiger partial charge < -0.3 is 10.1 Å². The number of amides is 1. The molecule has 108 valence electrons. The highest BCUT2D eigenvalue weighted by atomic mass is 16.5. The maximum atomic E-state index is 11.5. The number of carbonyl (C=O) groups excluding carboxylic acids is 1. The second-order valence-corrected chi connectivity index (χ2v) is 5.82. The molecule has 3 heteroatoms. The first-order chi connectivity index (χ1) is 9.74. The van der Waals surface area contributed by atoms with Crippen molar-refractivity contribution in [1.82, 2.24) is 5.32 Å². The fourth-order valence-electron chi connectivity index (χ4n) is 3.72. The molecule has 0 aromatic heterocycles. The quantitative estimate of drug-likeness (QED) is 0.916. The summed E-state index contributed by atoms with van der Waals surface area (Å²) in [6.45, 7) is 3.02. The number of fused-ring (bicyclic) bond motifs is 3. The summed E-state index contributed by atoms with van der Waals surface area (Å²) in [7, 11) is 1.71. The lowest BCUT2D eigenvalue weighted by atomic mass is 9.89. The van der Waals surface area contributed by atoms with E-state index in [1.165, 1.54) is 28.7 Å². The van der Waals surface area contributed by atoms with Gasteiger partial charge in [-0.2, -0.15) is 0 Å². The van der Waals surface area contributed by atoms with Crippen LogP contribution in [0.2, 0.25) is 0 Å². The van der Waals surface area contributed by atoms with Crippen molar-refractivity contribution >= 4 is 5.91 Å². The van der Waals surface area contributed by atoms with Gasteiger partial charge in [0.2, 0.25) is 5.91 Å². The van der Waals surface area contributed by atoms with Gasteiger partial charge in [-0.1, -0.05) is 13.0 Å². The van der Waals surface area contributed by atoms with Crippen LogP contribution in [0.25, 0.3) is 0 Å². The Bertz CT molecular complexity index is 536. The van der Waals surface area contributed by atoms with Gasteiger partial charge in [-0.15, -0.1) is 0 Å². The van der Waals surface area contributed by atoms with Crippen molar-refractivity contribution in [3.8, 4) is 5.75 Å². The molecule has 0 unspecified atom stereocenters. The topological polar surface area (TPSA) is 38.3 Å². The molecule has 2 aliphatic rings. The summed E-state index contributed by atoms with van der Waals surface area (Å²) in [5.41, 5.74) is 5.83. The van der Waals surface area contributed by atoms with Gasteiger partial charge in [0, 0.05) is 25.5 Å². The minimum atomic E-state index is 0.150. The summed E-state index contributed by atoms with van der Waals surface area (Å²) in [5.74, 6) is 1.85. The number of rotatable bonds is 4. The van der Waals surface area contributed by atoms with E-state index in [1.807, 2.05) is 0 Å². The maximum absolute atomic E-state index is 11.5. The standard InChI is InChI=1S/C17H23NO2/c1-3-11-10-13-5-4-12(6-7-15(19)18-2)16(13)14-8-9-20-17(11)14/h10,12H,3-9H2,1-2H3,(H,18,19)/t12-/m0/s1. The van der Waals surface area contributed by atoms with Gasteiger partial charge in [0.05, 0.1) is 6.61 Å². The Morgan fingerprint density at radius 2 is 2.30 bits per heavy atom. The van der Waals surface area contributed by atoms with Crippen LogP contribution in [0.1, 0.15) is 54.4 Å². The van der Waals surface area contributed by atoms with E-state index >= 15 is 0 Å². The summed E-state index contributed by atoms with van der Waals surface area (Å²) in [6.07, 6.45) is 6.02. The van der Waals surface area contributed by atoms with Crippen LogP contribution < -0.4 is 10.1 Å². The highest BCUT2D eigenvalue weighted by Crippen LogP contribution is 2.45. The van der Waals surface area contributed by atoms with Crippen molar-refractivity contribution in [1.29, 1.82) is 0 Å². The molecular weight excluding hydrogens is 250 g/mol. The molecule has 1 aromatic rings. The first-order valence-corrected chi connectivity index (χ1v) is 7.75. The highest BCUT2D eigenvalue weighted by molar-refractivity contribution is 5.75. The minimum absolute atomic E-state index is 0.150. The lowest BCUT2D eigenvalue weighted by molar-refractivity contribution is -0.120. The van der Waals surface area contributed by atoms with Gasteiger partial charge in [-0.3, -0.25) is 4.79 Å². The molecule has 1 atom stereocenters. The first-order valence-electron chi connectivity index (χ1n) is 7.75. The molecule has 3 rings (SSSR count). The van der Waals surface area contributed by atoms with Crippen LogP contribution in [0, 0.1) is 0 Å². The summed E-state index contributed by atoms with van der Waals surface area (Å²) < 4.78 is 5.86. The van der Waals surface area contributed by atoms with E-state index in [2.05, 4.69) is 18.3 Å². The van der Waals surface area contributed by atoms with Crippen LogP contribution in [0.5, 0.6) is 5.75 Å². The van der Waals surface area contributed by atoms with Crippen LogP contribution in [-0.4, -0.2) is 19.6 Å². The molecule has 1 N–H and O–H groups in total. The SMILES string of the molecule is CCc1cc2c(c3c1OCC3)[C@H](CCC(=O)NC)CC2. The van der Waals surface area contributed by atoms with Crippen LogP contribution in [0.4, 0.5) is 0 Å². The van der Waals surface area contributed by atoms with Gasteiger partial charge in [0.25, 0.3) is 0 Å². The third kappa shape index (κ3) is 2.19. The molecule has 0 saturated heterocycles. The number of nitrogens with one attached hydrogen (secondary N) is 1. The average molecular weight is 273 g/mol. The summed E-state index contributed by atoms with van der Waals surface area (Å²) in [6, 6.07) is 2.35. The minimum Gasteiger partial charge on any atom is -0.493 e. The van der Waals surface area contributed by atoms with Crippen molar-refractivity contribution < 1.29 is 9.53 Å². The fourth-order valence-corrected chi connectivity index (χ4v) is 3.72. The Balaban J connectivity index is 1.89. The zero-order valence-corrected chi connectivity index (χ0v) is 12.4. The summed E-state index contributed by atoms with van der Waals surface area (Å²) in [5, 5.41) is 2.72. The third-order valence-corrected chi connectivity index (χ3v) is 4.73. The van der Waals surface area contributed by atoms with E-state index in [-0.39, 0.29) is 5.91 Å². The molecule has 1 heterocycles. The number of carbonyl (C=O) groups is 1. The van der Waals surface area contributed by atoms with Crippen LogP contribution >= 0.6 is 0 Å². The largest absolute Gasteiger partial charge is 0.493 e. The predicted octanol–water partition coefficient (Wildman–Crippen LogP) is 2.74. The number of benzene rings is 1. The van der Waals surface area contributed by atoms with E-state index in [9.17, 15) is 4.79 Å². The first kappa shape index (κ1) is 13.5. The van der Waals surface area contributed by atoms with Crippen molar-refractivity contribution in [3.05, 3.63) is 28.3 Å². The predicted molar refractivity (Wildman–Crippen MR) is 79.4 cm³/mol. The van der Waals surface area contributed by atoms with Gasteiger partial charge >= 0.3 is 0 Å². The normalized spacial score (nSPS) is 19.4. The number of hydrogen-bond acceptors (Lipinski definition) is 2. The molecule has 0 saturated carbocycles. The molecule has 0 spiro atoms. The van der Waals surface area contributed by atoms with Crippen LogP contribution in [-0.2, 0) is 24.1 Å². The number of aryl methyl sites for hydroxylation is 2. The maximum Gasteiger partial charge on any atom is 0.219 e. The molecule has 3 nitrogen and oxygen atoms in total. The molecule has 0 radical (unpaired) electrons. The summed E-state index contributed by atoms with van der Waals surface area (Å²) in [4.78, 5) is 11.5. The Labute approximate surface area is 120 Å². The highest BCUT2D eigenvalue weighted by Gasteiger charge is 2.31. The van der Waals surface area contributed by atoms with Crippen LogP contribution in [0.3, 0.4) is 0 Å². The second kappa shape index (κ2) is 5.47. The van der Waals surface area contributed by atoms with Crippen molar-refractivity contribution in [2.45, 2.75) is 51.4 Å². The zero-order chi connectivity index (χ0) is 14.1. The molecular formula is C17H23NO2. The fraction of sp³-hybridized carbons (Fsp3) is 0.588. The number of ether oxygens (including phenoxy) is 1. The lowest BCUT2D eigenvalue weighted by Crippen LogP contribution is -2.18. The number of hydrogen-bond donors (Lipinski definition) is 1. The smallest absolute Gasteiger partial charge is 0.219 e. The van der Waals surface area contributed by atoms with Crippen molar-refractivity contribution in [2.75, 3.05) is 13.7 Å². The van der Waals surface area contributed by atoms with E-state index in [1.54, 1.807) is 7.05 Å². The zero-order valence-electron chi connectivity index (χ0n) is 12.4. The van der Waals surface area contributed by atoms with Gasteiger partial charge in [-0.25, -0.2) is 0 Å². The molecule has 1 aromatic carbocycles. The molecule has 0 bridgehead atoms.